The number of esters is 1. The van der Waals surface area contributed by atoms with Gasteiger partial charge in [0.15, 0.2) is 0 Å². The number of benzene rings is 2. The first-order valence-corrected chi connectivity index (χ1v) is 10.9. The number of rotatable bonds is 9. The van der Waals surface area contributed by atoms with E-state index < -0.39 is 29.7 Å². The smallest absolute Gasteiger partial charge is 0.375 e. The Labute approximate surface area is 199 Å². The zero-order valence-electron chi connectivity index (χ0n) is 19.6. The second kappa shape index (κ2) is 11.1. The molecule has 0 aliphatic carbocycles. The van der Waals surface area contributed by atoms with Crippen LogP contribution in [-0.4, -0.2) is 48.2 Å². The molecular weight excluding hydrogens is 444 g/mol. The van der Waals surface area contributed by atoms with Crippen molar-refractivity contribution in [3.63, 3.8) is 0 Å². The fraction of sp³-hybridized carbons (Fsp3) is 0.360. The summed E-state index contributed by atoms with van der Waals surface area (Å²) in [5, 5.41) is 0.548. The lowest BCUT2D eigenvalue weighted by Gasteiger charge is -2.25. The maximum atomic E-state index is 13.2. The van der Waals surface area contributed by atoms with E-state index in [1.807, 2.05) is 6.92 Å². The van der Waals surface area contributed by atoms with Gasteiger partial charge >= 0.3 is 5.97 Å². The third-order valence-electron chi connectivity index (χ3n) is 5.13. The molecule has 2 aromatic carbocycles. The van der Waals surface area contributed by atoms with Gasteiger partial charge in [0.05, 0.1) is 13.0 Å². The molecule has 0 aliphatic rings. The molecule has 0 N–H and O–H groups in total. The molecule has 0 saturated carbocycles. The number of hydrogen-bond acceptors (Lipinski definition) is 5. The van der Waals surface area contributed by atoms with Crippen molar-refractivity contribution in [3.05, 3.63) is 64.7 Å². The van der Waals surface area contributed by atoms with E-state index in [-0.39, 0.29) is 12.5 Å². The summed E-state index contributed by atoms with van der Waals surface area (Å²) in [4.78, 5) is 53.0. The van der Waals surface area contributed by atoms with Gasteiger partial charge in [0, 0.05) is 30.4 Å². The third-order valence-corrected chi connectivity index (χ3v) is 5.38. The number of ether oxygens (including phenoxy) is 1. The Morgan fingerprint density at radius 1 is 1.00 bits per heavy atom. The molecule has 0 bridgehead atoms. The number of anilines is 1. The minimum absolute atomic E-state index is 0.123. The number of amides is 2. The Balaban J connectivity index is 2.33. The third kappa shape index (κ3) is 7.43. The van der Waals surface area contributed by atoms with E-state index in [1.165, 1.54) is 9.80 Å². The van der Waals surface area contributed by atoms with Gasteiger partial charge in [0.2, 0.25) is 11.7 Å². The molecule has 2 rings (SSSR count). The molecule has 0 fully saturated rings. The highest BCUT2D eigenvalue weighted by Crippen LogP contribution is 2.22. The zero-order valence-corrected chi connectivity index (χ0v) is 20.3. The van der Waals surface area contributed by atoms with Gasteiger partial charge in [-0.3, -0.25) is 14.4 Å². The van der Waals surface area contributed by atoms with E-state index >= 15 is 0 Å². The molecule has 7 nitrogen and oxygen atoms in total. The van der Waals surface area contributed by atoms with Gasteiger partial charge in [-0.05, 0) is 56.2 Å². The molecule has 0 spiro atoms. The minimum atomic E-state index is -1.04. The summed E-state index contributed by atoms with van der Waals surface area (Å²) in [5.74, 6) is -2.78. The van der Waals surface area contributed by atoms with Crippen LogP contribution < -0.4 is 4.90 Å². The maximum absolute atomic E-state index is 13.2. The van der Waals surface area contributed by atoms with Crippen LogP contribution in [0.3, 0.4) is 0 Å². The van der Waals surface area contributed by atoms with Crippen LogP contribution in [0, 0.1) is 0 Å². The fourth-order valence-corrected chi connectivity index (χ4v) is 2.97. The predicted octanol–water partition coefficient (Wildman–Crippen LogP) is 4.27. The summed E-state index contributed by atoms with van der Waals surface area (Å²) < 4.78 is 5.22. The van der Waals surface area contributed by atoms with Crippen molar-refractivity contribution in [1.82, 2.24) is 4.90 Å². The summed E-state index contributed by atoms with van der Waals surface area (Å²) in [7, 11) is 3.27. The molecule has 0 aliphatic heterocycles. The van der Waals surface area contributed by atoms with E-state index in [2.05, 4.69) is 0 Å². The quantitative estimate of drug-likeness (QED) is 0.309. The van der Waals surface area contributed by atoms with Crippen LogP contribution >= 0.6 is 11.6 Å². The lowest BCUT2D eigenvalue weighted by molar-refractivity contribution is -0.164. The topological polar surface area (TPSA) is 84.0 Å². The van der Waals surface area contributed by atoms with Gasteiger partial charge in [-0.1, -0.05) is 36.7 Å². The van der Waals surface area contributed by atoms with E-state index in [0.717, 1.165) is 5.56 Å². The fourth-order valence-electron chi connectivity index (χ4n) is 2.85. The Kier molecular flexibility index (Phi) is 8.76. The predicted molar refractivity (Wildman–Crippen MR) is 127 cm³/mol. The van der Waals surface area contributed by atoms with Gasteiger partial charge in [-0.15, -0.1) is 0 Å². The number of nitrogens with zero attached hydrogens (tertiary/aromatic N) is 2. The summed E-state index contributed by atoms with van der Waals surface area (Å²) in [6.45, 7) is 5.34. The molecule has 0 heterocycles. The summed E-state index contributed by atoms with van der Waals surface area (Å²) >= 11 is 5.96. The van der Waals surface area contributed by atoms with E-state index in [4.69, 9.17) is 16.3 Å². The maximum Gasteiger partial charge on any atom is 0.375 e. The molecule has 0 aromatic heterocycles. The number of halogens is 1. The first-order valence-electron chi connectivity index (χ1n) is 10.6. The summed E-state index contributed by atoms with van der Waals surface area (Å²) in [6, 6.07) is 13.5. The molecule has 176 valence electrons. The number of carbonyl (C=O) groups excluding carboxylic acids is 4. The number of ketones is 1. The Hall–Kier alpha value is -3.19. The molecule has 0 unspecified atom stereocenters. The average molecular weight is 473 g/mol. The minimum Gasteiger partial charge on any atom is -0.454 e. The van der Waals surface area contributed by atoms with E-state index in [1.54, 1.807) is 76.5 Å². The average Bonchev–Trinajstić information content (AvgIpc) is 2.77. The second-order valence-corrected chi connectivity index (χ2v) is 8.90. The van der Waals surface area contributed by atoms with Crippen molar-refractivity contribution in [1.29, 1.82) is 0 Å². The highest BCUT2D eigenvalue weighted by molar-refractivity contribution is 6.37. The molecule has 33 heavy (non-hydrogen) atoms. The largest absolute Gasteiger partial charge is 0.454 e. The van der Waals surface area contributed by atoms with Crippen molar-refractivity contribution in [2.24, 2.45) is 0 Å². The Morgan fingerprint density at radius 2 is 1.64 bits per heavy atom. The van der Waals surface area contributed by atoms with Gasteiger partial charge < -0.3 is 14.5 Å². The van der Waals surface area contributed by atoms with Crippen LogP contribution in [0.15, 0.2) is 48.5 Å². The van der Waals surface area contributed by atoms with Gasteiger partial charge in [-0.2, -0.15) is 0 Å². The van der Waals surface area contributed by atoms with Crippen molar-refractivity contribution in [2.75, 3.05) is 19.0 Å². The van der Waals surface area contributed by atoms with Crippen LogP contribution in [0.5, 0.6) is 0 Å². The van der Waals surface area contributed by atoms with Gasteiger partial charge in [-0.25, -0.2) is 4.79 Å². The first-order chi connectivity index (χ1) is 15.4. The normalized spacial score (nSPS) is 11.0. The molecule has 8 heteroatoms. The van der Waals surface area contributed by atoms with Crippen LogP contribution in [0.2, 0.25) is 5.02 Å². The van der Waals surface area contributed by atoms with Crippen molar-refractivity contribution >= 4 is 40.9 Å². The van der Waals surface area contributed by atoms with Crippen molar-refractivity contribution in [3.8, 4) is 0 Å². The second-order valence-electron chi connectivity index (χ2n) is 8.46. The molecule has 0 radical (unpaired) electrons. The van der Waals surface area contributed by atoms with Crippen LogP contribution in [0.1, 0.15) is 49.5 Å². The monoisotopic (exact) mass is 472 g/mol. The number of Topliss-reactive ketones (excluding diaryl/α,β-unsaturated/α-hetero) is 1. The number of hydrogen-bond donors (Lipinski definition) is 0. The summed E-state index contributed by atoms with van der Waals surface area (Å²) in [5.41, 5.74) is 0.776. The zero-order chi connectivity index (χ0) is 24.8. The van der Waals surface area contributed by atoms with Gasteiger partial charge in [0.25, 0.3) is 5.91 Å². The Bertz CT molecular complexity index is 1030. The SMILES string of the molecule is CCC(C)(C)OC(=O)C(=O)CC(=O)N(Cc1ccc(Cl)cc1)c1cccc(C(=O)N(C)C)c1. The number of carbonyl (C=O) groups is 4. The van der Waals surface area contributed by atoms with Crippen molar-refractivity contribution in [2.45, 2.75) is 45.8 Å². The standard InChI is InChI=1S/C25H29ClN2O5/c1-6-25(2,3)33-24(32)21(29)15-22(30)28(16-17-10-12-19(26)13-11-17)20-9-7-8-18(14-20)23(31)27(4)5/h7-14H,6,15-16H2,1-5H3. The molecule has 2 aromatic rings. The lowest BCUT2D eigenvalue weighted by Crippen LogP contribution is -2.36. The van der Waals surface area contributed by atoms with Crippen LogP contribution in [-0.2, 0) is 25.7 Å². The van der Waals surface area contributed by atoms with Gasteiger partial charge in [0.1, 0.15) is 5.60 Å². The van der Waals surface area contributed by atoms with E-state index in [9.17, 15) is 19.2 Å². The molecule has 0 atom stereocenters. The van der Waals surface area contributed by atoms with Crippen LogP contribution in [0.25, 0.3) is 0 Å². The Morgan fingerprint density at radius 3 is 2.21 bits per heavy atom. The lowest BCUT2D eigenvalue weighted by atomic mass is 10.1. The van der Waals surface area contributed by atoms with Crippen molar-refractivity contribution < 1.29 is 23.9 Å². The highest BCUT2D eigenvalue weighted by atomic mass is 35.5. The molecule has 0 saturated heterocycles. The molecular formula is C25H29ClN2O5. The highest BCUT2D eigenvalue weighted by Gasteiger charge is 2.29. The summed E-state index contributed by atoms with van der Waals surface area (Å²) in [6.07, 6.45) is -0.132. The molecule has 2 amide bonds. The first kappa shape index (κ1) is 26.1. The van der Waals surface area contributed by atoms with Crippen LogP contribution in [0.4, 0.5) is 5.69 Å². The van der Waals surface area contributed by atoms with E-state index in [0.29, 0.717) is 22.7 Å².